The Balaban J connectivity index is 1.93. The third-order valence-electron chi connectivity index (χ3n) is 4.10. The fourth-order valence-corrected chi connectivity index (χ4v) is 4.63. The van der Waals surface area contributed by atoms with E-state index in [1.165, 1.54) is 11.3 Å². The minimum Gasteiger partial charge on any atom is -0.462 e. The number of thiophene rings is 1. The Morgan fingerprint density at radius 3 is 2.68 bits per heavy atom. The highest BCUT2D eigenvalue weighted by atomic mass is 32.1. The molecule has 1 N–H and O–H groups in total. The molecule has 0 amide bonds. The number of hydrogen-bond donors (Lipinski definition) is 1. The molecule has 0 aromatic carbocycles. The summed E-state index contributed by atoms with van der Waals surface area (Å²) in [6, 6.07) is 0. The molecule has 0 aliphatic rings. The second-order valence-corrected chi connectivity index (χ2v) is 8.78. The Labute approximate surface area is 172 Å². The Kier molecular flexibility index (Phi) is 6.58. The van der Waals surface area contributed by atoms with E-state index in [0.717, 1.165) is 44.5 Å². The van der Waals surface area contributed by atoms with Crippen LogP contribution in [0.1, 0.15) is 38.7 Å². The third-order valence-corrected chi connectivity index (χ3v) is 6.08. The van der Waals surface area contributed by atoms with Crippen molar-refractivity contribution in [2.24, 2.45) is 0 Å². The zero-order valence-electron chi connectivity index (χ0n) is 16.8. The van der Waals surface area contributed by atoms with Gasteiger partial charge in [0.15, 0.2) is 0 Å². The van der Waals surface area contributed by atoms with Crippen molar-refractivity contribution in [3.05, 3.63) is 32.3 Å². The first-order chi connectivity index (χ1) is 13.4. The van der Waals surface area contributed by atoms with E-state index in [0.29, 0.717) is 24.6 Å². The normalized spacial score (nSPS) is 11.4. The van der Waals surface area contributed by atoms with E-state index < -0.39 is 0 Å². The van der Waals surface area contributed by atoms with Gasteiger partial charge < -0.3 is 15.0 Å². The minimum atomic E-state index is -0.305. The van der Waals surface area contributed by atoms with E-state index in [1.54, 1.807) is 11.3 Å². The van der Waals surface area contributed by atoms with Crippen LogP contribution in [0.15, 0.2) is 5.38 Å². The summed E-state index contributed by atoms with van der Waals surface area (Å²) in [5.41, 5.74) is 1.94. The molecule has 0 spiro atoms. The maximum atomic E-state index is 12.3. The maximum Gasteiger partial charge on any atom is 0.348 e. The van der Waals surface area contributed by atoms with E-state index in [9.17, 15) is 4.79 Å². The zero-order valence-corrected chi connectivity index (χ0v) is 18.5. The molecule has 0 saturated carbocycles. The van der Waals surface area contributed by atoms with Crippen molar-refractivity contribution >= 4 is 44.7 Å². The summed E-state index contributed by atoms with van der Waals surface area (Å²) in [6.07, 6.45) is 0.812. The van der Waals surface area contributed by atoms with Crippen molar-refractivity contribution < 1.29 is 9.53 Å². The fourth-order valence-electron chi connectivity index (χ4n) is 2.89. The lowest BCUT2D eigenvalue weighted by atomic mass is 10.2. The number of ether oxygens (including phenoxy) is 1. The predicted molar refractivity (Wildman–Crippen MR) is 115 cm³/mol. The van der Waals surface area contributed by atoms with Crippen LogP contribution in [0, 0.1) is 13.8 Å². The van der Waals surface area contributed by atoms with E-state index in [2.05, 4.69) is 20.7 Å². The van der Waals surface area contributed by atoms with Crippen LogP contribution in [-0.2, 0) is 17.7 Å². The molecule has 28 heavy (non-hydrogen) atoms. The highest BCUT2D eigenvalue weighted by Gasteiger charge is 2.21. The molecule has 0 atom stereocenters. The fraction of sp³-hybridized carbons (Fsp3) is 0.474. The monoisotopic (exact) mass is 419 g/mol. The quantitative estimate of drug-likeness (QED) is 0.558. The van der Waals surface area contributed by atoms with Crippen LogP contribution in [0.5, 0.6) is 0 Å². The van der Waals surface area contributed by atoms with Crippen LogP contribution in [0.2, 0.25) is 0 Å². The summed E-state index contributed by atoms with van der Waals surface area (Å²) >= 11 is 3.02. The molecule has 0 radical (unpaired) electrons. The van der Waals surface area contributed by atoms with Crippen LogP contribution in [0.3, 0.4) is 0 Å². The second-order valence-electron chi connectivity index (χ2n) is 6.72. The van der Waals surface area contributed by atoms with Crippen molar-refractivity contribution in [2.75, 3.05) is 32.6 Å². The summed E-state index contributed by atoms with van der Waals surface area (Å²) < 4.78 is 5.20. The van der Waals surface area contributed by atoms with Crippen molar-refractivity contribution in [3.8, 4) is 0 Å². The molecule has 9 heteroatoms. The van der Waals surface area contributed by atoms with Gasteiger partial charge in [0.2, 0.25) is 0 Å². The molecule has 3 heterocycles. The lowest BCUT2D eigenvalue weighted by Gasteiger charge is -2.12. The number of carbonyl (C=O) groups excluding carboxylic acids is 1. The molecule has 3 rings (SSSR count). The van der Waals surface area contributed by atoms with Crippen molar-refractivity contribution in [1.82, 2.24) is 19.9 Å². The zero-order chi connectivity index (χ0) is 20.3. The topological polar surface area (TPSA) is 80.2 Å². The second kappa shape index (κ2) is 8.93. The van der Waals surface area contributed by atoms with Gasteiger partial charge in [-0.15, -0.1) is 22.7 Å². The van der Waals surface area contributed by atoms with Crippen molar-refractivity contribution in [2.45, 2.75) is 33.7 Å². The Bertz CT molecular complexity index is 980. The molecule has 0 bridgehead atoms. The van der Waals surface area contributed by atoms with E-state index in [4.69, 9.17) is 9.72 Å². The lowest BCUT2D eigenvalue weighted by Crippen LogP contribution is -2.15. The van der Waals surface area contributed by atoms with Gasteiger partial charge in [-0.25, -0.2) is 19.7 Å². The van der Waals surface area contributed by atoms with E-state index >= 15 is 0 Å². The van der Waals surface area contributed by atoms with Crippen LogP contribution >= 0.6 is 22.7 Å². The molecule has 3 aromatic heterocycles. The summed E-state index contributed by atoms with van der Waals surface area (Å²) in [6.45, 7) is 7.43. The largest absolute Gasteiger partial charge is 0.462 e. The average Bonchev–Trinajstić information content (AvgIpc) is 3.18. The molecular formula is C19H25N5O2S2. The predicted octanol–water partition coefficient (Wildman–Crippen LogP) is 3.66. The number of nitrogens with one attached hydrogen (secondary N) is 1. The van der Waals surface area contributed by atoms with Crippen molar-refractivity contribution in [1.29, 1.82) is 0 Å². The standard InChI is InChI=1S/C19H25N5O2S2/c1-6-26-19(25)16-11(2)15-17(20-8-7-13-10-27-12(3)21-13)22-14(9-24(4)5)23-18(15)28-16/h10H,6-9H2,1-5H3,(H,20,22,23). The Morgan fingerprint density at radius 1 is 1.25 bits per heavy atom. The summed E-state index contributed by atoms with van der Waals surface area (Å²) in [5, 5.41) is 7.48. The molecule has 150 valence electrons. The van der Waals surface area contributed by atoms with Gasteiger partial charge >= 0.3 is 5.97 Å². The molecule has 7 nitrogen and oxygen atoms in total. The summed E-state index contributed by atoms with van der Waals surface area (Å²) in [7, 11) is 3.96. The van der Waals surface area contributed by atoms with Crippen LogP contribution in [0.4, 0.5) is 5.82 Å². The Hall–Kier alpha value is -2.10. The van der Waals surface area contributed by atoms with Crippen LogP contribution < -0.4 is 5.32 Å². The first-order valence-corrected chi connectivity index (χ1v) is 10.8. The minimum absolute atomic E-state index is 0.305. The van der Waals surface area contributed by atoms with Gasteiger partial charge in [0.25, 0.3) is 0 Å². The number of esters is 1. The third kappa shape index (κ3) is 4.65. The number of aryl methyl sites for hydroxylation is 2. The van der Waals surface area contributed by atoms with Gasteiger partial charge in [-0.3, -0.25) is 0 Å². The average molecular weight is 420 g/mol. The van der Waals surface area contributed by atoms with Gasteiger partial charge in [-0.2, -0.15) is 0 Å². The van der Waals surface area contributed by atoms with E-state index in [1.807, 2.05) is 39.8 Å². The van der Waals surface area contributed by atoms with E-state index in [-0.39, 0.29) is 5.97 Å². The lowest BCUT2D eigenvalue weighted by molar-refractivity contribution is 0.0531. The Morgan fingerprint density at radius 2 is 2.04 bits per heavy atom. The van der Waals surface area contributed by atoms with Crippen molar-refractivity contribution in [3.63, 3.8) is 0 Å². The number of anilines is 1. The first-order valence-electron chi connectivity index (χ1n) is 9.15. The number of carbonyl (C=O) groups is 1. The number of aromatic nitrogens is 3. The van der Waals surface area contributed by atoms with Gasteiger partial charge in [0.05, 0.1) is 29.2 Å². The molecular weight excluding hydrogens is 394 g/mol. The van der Waals surface area contributed by atoms with Gasteiger partial charge in [0.1, 0.15) is 21.3 Å². The molecule has 0 aliphatic heterocycles. The maximum absolute atomic E-state index is 12.3. The first kappa shape index (κ1) is 20.6. The summed E-state index contributed by atoms with van der Waals surface area (Å²) in [5.74, 6) is 1.18. The summed E-state index contributed by atoms with van der Waals surface area (Å²) in [4.78, 5) is 29.6. The van der Waals surface area contributed by atoms with Gasteiger partial charge in [0, 0.05) is 18.3 Å². The van der Waals surface area contributed by atoms with Gasteiger partial charge in [-0.05, 0) is 40.4 Å². The molecule has 0 unspecified atom stereocenters. The number of hydrogen-bond acceptors (Lipinski definition) is 9. The van der Waals surface area contributed by atoms with Crippen LogP contribution in [-0.4, -0.2) is 53.1 Å². The molecule has 0 aliphatic carbocycles. The number of rotatable bonds is 8. The highest BCUT2D eigenvalue weighted by molar-refractivity contribution is 7.20. The molecule has 0 saturated heterocycles. The number of nitrogens with zero attached hydrogens (tertiary/aromatic N) is 4. The van der Waals surface area contributed by atoms with Gasteiger partial charge in [-0.1, -0.05) is 0 Å². The van der Waals surface area contributed by atoms with Crippen LogP contribution in [0.25, 0.3) is 10.2 Å². The smallest absolute Gasteiger partial charge is 0.348 e. The number of fused-ring (bicyclic) bond motifs is 1. The highest BCUT2D eigenvalue weighted by Crippen LogP contribution is 2.34. The molecule has 3 aromatic rings. The molecule has 0 fully saturated rings. The SMILES string of the molecule is CCOC(=O)c1sc2nc(CN(C)C)nc(NCCc3csc(C)n3)c2c1C. The number of thiazole rings is 1.